The lowest BCUT2D eigenvalue weighted by atomic mass is 10.1. The van der Waals surface area contributed by atoms with E-state index in [1.165, 1.54) is 44.9 Å². The molecule has 0 saturated heterocycles. The number of aliphatic hydroxyl groups is 2. The van der Waals surface area contributed by atoms with Gasteiger partial charge in [-0.3, -0.25) is 0 Å². The summed E-state index contributed by atoms with van der Waals surface area (Å²) in [6.07, 6.45) is 9.19. The Morgan fingerprint density at radius 3 is 1.90 bits per heavy atom. The quantitative estimate of drug-likeness (QED) is 0.455. The van der Waals surface area contributed by atoms with Gasteiger partial charge < -0.3 is 19.7 Å². The molecule has 0 aliphatic carbocycles. The molecule has 20 heavy (non-hydrogen) atoms. The third-order valence-corrected chi connectivity index (χ3v) is 3.12. The maximum absolute atomic E-state index is 9.55. The van der Waals surface area contributed by atoms with Crippen molar-refractivity contribution in [3.8, 4) is 0 Å². The summed E-state index contributed by atoms with van der Waals surface area (Å²) in [5.41, 5.74) is 0. The van der Waals surface area contributed by atoms with E-state index >= 15 is 0 Å². The Morgan fingerprint density at radius 1 is 0.750 bits per heavy atom. The maximum Gasteiger partial charge on any atom is 0.101 e. The molecule has 0 aliphatic heterocycles. The highest BCUT2D eigenvalue weighted by Crippen LogP contribution is 2.08. The normalized spacial score (nSPS) is 14.4. The van der Waals surface area contributed by atoms with Crippen LogP contribution in [0, 0.1) is 0 Å². The molecule has 0 spiro atoms. The number of unbranched alkanes of at least 4 members (excludes halogenated alkanes) is 7. The predicted octanol–water partition coefficient (Wildman–Crippen LogP) is 2.90. The number of hydrogen-bond donors (Lipinski definition) is 2. The lowest BCUT2D eigenvalue weighted by Crippen LogP contribution is -2.24. The molecular formula is C16H34O4. The number of aliphatic hydroxyl groups excluding tert-OH is 2. The van der Waals surface area contributed by atoms with Crippen LogP contribution >= 0.6 is 0 Å². The van der Waals surface area contributed by atoms with E-state index < -0.39 is 12.2 Å². The van der Waals surface area contributed by atoms with Gasteiger partial charge in [-0.25, -0.2) is 0 Å². The molecular weight excluding hydrogens is 256 g/mol. The largest absolute Gasteiger partial charge is 0.391 e. The molecule has 0 radical (unpaired) electrons. The van der Waals surface area contributed by atoms with E-state index in [1.54, 1.807) is 6.92 Å². The van der Waals surface area contributed by atoms with Crippen LogP contribution < -0.4 is 0 Å². The summed E-state index contributed by atoms with van der Waals surface area (Å²) < 4.78 is 10.5. The van der Waals surface area contributed by atoms with Crippen molar-refractivity contribution in [3.63, 3.8) is 0 Å². The molecule has 4 nitrogen and oxygen atoms in total. The van der Waals surface area contributed by atoms with Gasteiger partial charge in [0, 0.05) is 6.61 Å². The molecule has 2 atom stereocenters. The fourth-order valence-corrected chi connectivity index (χ4v) is 1.98. The highest BCUT2D eigenvalue weighted by Gasteiger charge is 2.05. The summed E-state index contributed by atoms with van der Waals surface area (Å²) in [6.45, 7) is 5.41. The molecule has 122 valence electrons. The van der Waals surface area contributed by atoms with Crippen molar-refractivity contribution < 1.29 is 19.7 Å². The minimum Gasteiger partial charge on any atom is -0.391 e. The van der Waals surface area contributed by atoms with Crippen molar-refractivity contribution in [1.82, 2.24) is 0 Å². The summed E-state index contributed by atoms with van der Waals surface area (Å²) in [4.78, 5) is 0. The van der Waals surface area contributed by atoms with Gasteiger partial charge in [-0.05, 0) is 13.3 Å². The van der Waals surface area contributed by atoms with E-state index in [9.17, 15) is 5.11 Å². The van der Waals surface area contributed by atoms with Crippen LogP contribution in [0.3, 0.4) is 0 Å². The first-order valence-corrected chi connectivity index (χ1v) is 8.18. The third kappa shape index (κ3) is 15.9. The Bertz CT molecular complexity index is 185. The zero-order valence-electron chi connectivity index (χ0n) is 13.4. The first kappa shape index (κ1) is 19.8. The van der Waals surface area contributed by atoms with Gasteiger partial charge in [0.1, 0.15) is 6.10 Å². The Morgan fingerprint density at radius 2 is 1.30 bits per heavy atom. The van der Waals surface area contributed by atoms with E-state index in [2.05, 4.69) is 6.92 Å². The lowest BCUT2D eigenvalue weighted by Gasteiger charge is -2.12. The molecule has 0 aromatic rings. The van der Waals surface area contributed by atoms with Crippen LogP contribution in [0.4, 0.5) is 0 Å². The first-order valence-electron chi connectivity index (χ1n) is 8.18. The summed E-state index contributed by atoms with van der Waals surface area (Å²) in [5, 5.41) is 18.5. The molecule has 2 unspecified atom stereocenters. The number of hydrogen-bond acceptors (Lipinski definition) is 4. The van der Waals surface area contributed by atoms with Crippen molar-refractivity contribution in [2.75, 3.05) is 26.4 Å². The smallest absolute Gasteiger partial charge is 0.101 e. The predicted molar refractivity (Wildman–Crippen MR) is 81.9 cm³/mol. The summed E-state index contributed by atoms with van der Waals surface area (Å²) in [7, 11) is 0. The fourth-order valence-electron chi connectivity index (χ4n) is 1.98. The minimum atomic E-state index is -0.595. The molecule has 0 amide bonds. The standard InChI is InChI=1S/C16H34O4/c1-3-4-5-6-7-8-9-10-11-19-13-16(18)14-20-12-15(2)17/h15-18H,3-14H2,1-2H3. The van der Waals surface area contributed by atoms with Gasteiger partial charge in [-0.1, -0.05) is 51.9 Å². The van der Waals surface area contributed by atoms with Gasteiger partial charge in [-0.2, -0.15) is 0 Å². The molecule has 0 aliphatic rings. The minimum absolute atomic E-state index is 0.225. The average molecular weight is 290 g/mol. The molecule has 0 heterocycles. The zero-order valence-corrected chi connectivity index (χ0v) is 13.4. The van der Waals surface area contributed by atoms with Gasteiger partial charge in [-0.15, -0.1) is 0 Å². The Labute approximate surface area is 124 Å². The van der Waals surface area contributed by atoms with Gasteiger partial charge in [0.15, 0.2) is 0 Å². The molecule has 0 bridgehead atoms. The molecule has 0 fully saturated rings. The van der Waals surface area contributed by atoms with Crippen molar-refractivity contribution in [2.24, 2.45) is 0 Å². The van der Waals surface area contributed by atoms with Crippen LogP contribution in [0.5, 0.6) is 0 Å². The maximum atomic E-state index is 9.55. The zero-order chi connectivity index (χ0) is 15.1. The van der Waals surface area contributed by atoms with Gasteiger partial charge in [0.25, 0.3) is 0 Å². The highest BCUT2D eigenvalue weighted by atomic mass is 16.5. The third-order valence-electron chi connectivity index (χ3n) is 3.12. The van der Waals surface area contributed by atoms with Crippen LogP contribution in [0.2, 0.25) is 0 Å². The molecule has 0 aromatic carbocycles. The first-order chi connectivity index (χ1) is 9.66. The Kier molecular flexibility index (Phi) is 15.1. The van der Waals surface area contributed by atoms with Crippen LogP contribution in [0.15, 0.2) is 0 Å². The molecule has 0 rings (SSSR count). The lowest BCUT2D eigenvalue weighted by molar-refractivity contribution is -0.0368. The van der Waals surface area contributed by atoms with Crippen LogP contribution in [-0.4, -0.2) is 48.8 Å². The monoisotopic (exact) mass is 290 g/mol. The fraction of sp³-hybridized carbons (Fsp3) is 1.00. The van der Waals surface area contributed by atoms with E-state index in [-0.39, 0.29) is 13.2 Å². The summed E-state index contributed by atoms with van der Waals surface area (Å²) in [5.74, 6) is 0. The van der Waals surface area contributed by atoms with Gasteiger partial charge in [0.2, 0.25) is 0 Å². The topological polar surface area (TPSA) is 58.9 Å². The summed E-state index contributed by atoms with van der Waals surface area (Å²) >= 11 is 0. The van der Waals surface area contributed by atoms with Crippen molar-refractivity contribution in [3.05, 3.63) is 0 Å². The summed E-state index contributed by atoms with van der Waals surface area (Å²) in [6, 6.07) is 0. The second-order valence-corrected chi connectivity index (χ2v) is 5.59. The Hall–Kier alpha value is -0.160. The second-order valence-electron chi connectivity index (χ2n) is 5.59. The molecule has 4 heteroatoms. The highest BCUT2D eigenvalue weighted by molar-refractivity contribution is 4.53. The average Bonchev–Trinajstić information content (AvgIpc) is 2.40. The van der Waals surface area contributed by atoms with E-state index in [4.69, 9.17) is 14.6 Å². The van der Waals surface area contributed by atoms with E-state index in [0.29, 0.717) is 13.2 Å². The van der Waals surface area contributed by atoms with E-state index in [0.717, 1.165) is 6.42 Å². The number of ether oxygens (including phenoxy) is 2. The van der Waals surface area contributed by atoms with Crippen molar-refractivity contribution in [1.29, 1.82) is 0 Å². The second kappa shape index (κ2) is 15.2. The van der Waals surface area contributed by atoms with Crippen molar-refractivity contribution in [2.45, 2.75) is 77.4 Å². The van der Waals surface area contributed by atoms with Crippen LogP contribution in [0.1, 0.15) is 65.2 Å². The van der Waals surface area contributed by atoms with Crippen LogP contribution in [0.25, 0.3) is 0 Å². The molecule has 0 aromatic heterocycles. The van der Waals surface area contributed by atoms with Crippen molar-refractivity contribution >= 4 is 0 Å². The SMILES string of the molecule is CCCCCCCCCCOCC(O)COCC(C)O. The Balaban J connectivity index is 3.11. The number of rotatable bonds is 15. The van der Waals surface area contributed by atoms with E-state index in [1.807, 2.05) is 0 Å². The van der Waals surface area contributed by atoms with Gasteiger partial charge in [0.05, 0.1) is 25.9 Å². The van der Waals surface area contributed by atoms with Gasteiger partial charge >= 0.3 is 0 Å². The van der Waals surface area contributed by atoms with Crippen LogP contribution in [-0.2, 0) is 9.47 Å². The molecule has 2 N–H and O–H groups in total. The molecule has 0 saturated carbocycles.